The van der Waals surface area contributed by atoms with E-state index in [1.807, 2.05) is 45.0 Å². The summed E-state index contributed by atoms with van der Waals surface area (Å²) < 4.78 is 5.06. The fourth-order valence-electron chi connectivity index (χ4n) is 1.33. The number of nitrogens with zero attached hydrogens (tertiary/aromatic N) is 2. The summed E-state index contributed by atoms with van der Waals surface area (Å²) in [7, 11) is 1.68. The van der Waals surface area contributed by atoms with Crippen LogP contribution in [-0.4, -0.2) is 25.8 Å². The Morgan fingerprint density at radius 2 is 1.84 bits per heavy atom. The van der Waals surface area contributed by atoms with Crippen molar-refractivity contribution in [2.45, 2.75) is 34.3 Å². The molecule has 4 heteroatoms. The lowest BCUT2D eigenvalue weighted by Gasteiger charge is -2.05. The second kappa shape index (κ2) is 11.4. The number of hydrogen-bond acceptors (Lipinski definition) is 4. The summed E-state index contributed by atoms with van der Waals surface area (Å²) in [4.78, 5) is 9.46. The average molecular weight is 264 g/mol. The third kappa shape index (κ3) is 6.72. The summed E-state index contributed by atoms with van der Waals surface area (Å²) in [6.07, 6.45) is 1.59. The maximum atomic E-state index is 5.21. The van der Waals surface area contributed by atoms with Gasteiger partial charge < -0.3 is 9.57 Å². The van der Waals surface area contributed by atoms with Gasteiger partial charge in [-0.1, -0.05) is 31.1 Å². The zero-order chi connectivity index (χ0) is 14.5. The summed E-state index contributed by atoms with van der Waals surface area (Å²) in [5.74, 6) is 0.537. The minimum atomic E-state index is 0.537. The molecule has 0 aromatic heterocycles. The number of benzene rings is 1. The second-order valence-corrected chi connectivity index (χ2v) is 3.36. The third-order valence-corrected chi connectivity index (χ3v) is 2.06. The van der Waals surface area contributed by atoms with E-state index in [9.17, 15) is 0 Å². The van der Waals surface area contributed by atoms with Crippen LogP contribution in [0.1, 0.15) is 38.8 Å². The number of oxime groups is 1. The fraction of sp³-hybridized carbons (Fsp3) is 0.467. The van der Waals surface area contributed by atoms with Crippen molar-refractivity contribution in [3.05, 3.63) is 35.4 Å². The van der Waals surface area contributed by atoms with Gasteiger partial charge in [0.25, 0.3) is 5.90 Å². The first-order valence-electron chi connectivity index (χ1n) is 6.59. The van der Waals surface area contributed by atoms with E-state index in [4.69, 9.17) is 9.57 Å². The molecule has 0 radical (unpaired) electrons. The van der Waals surface area contributed by atoms with Gasteiger partial charge in [-0.25, -0.2) is 4.99 Å². The van der Waals surface area contributed by atoms with Crippen molar-refractivity contribution in [1.29, 1.82) is 0 Å². The first kappa shape index (κ1) is 17.3. The highest BCUT2D eigenvalue weighted by atomic mass is 16.6. The molecule has 0 fully saturated rings. The highest BCUT2D eigenvalue weighted by Gasteiger charge is 2.04. The van der Waals surface area contributed by atoms with Crippen LogP contribution in [-0.2, 0) is 16.2 Å². The van der Waals surface area contributed by atoms with E-state index in [2.05, 4.69) is 10.1 Å². The monoisotopic (exact) mass is 264 g/mol. The van der Waals surface area contributed by atoms with Gasteiger partial charge in [0.15, 0.2) is 0 Å². The normalized spacial score (nSPS) is 11.1. The molecule has 0 N–H and O–H groups in total. The van der Waals surface area contributed by atoms with E-state index in [0.717, 1.165) is 11.1 Å². The maximum absolute atomic E-state index is 5.21. The van der Waals surface area contributed by atoms with Crippen LogP contribution in [0.5, 0.6) is 0 Å². The van der Waals surface area contributed by atoms with E-state index < -0.39 is 0 Å². The molecule has 1 aromatic rings. The molecule has 0 saturated carbocycles. The molecular weight excluding hydrogens is 240 g/mol. The Balaban J connectivity index is 0.00000154. The molecule has 0 aliphatic rings. The molecule has 1 aromatic carbocycles. The molecule has 0 bridgehead atoms. The van der Waals surface area contributed by atoms with E-state index in [1.54, 1.807) is 20.2 Å². The Labute approximate surface area is 116 Å². The summed E-state index contributed by atoms with van der Waals surface area (Å²) in [5, 5.41) is 3.75. The van der Waals surface area contributed by atoms with Crippen LogP contribution < -0.4 is 0 Å². The van der Waals surface area contributed by atoms with Crippen molar-refractivity contribution in [3.63, 3.8) is 0 Å². The van der Waals surface area contributed by atoms with E-state index in [1.165, 1.54) is 0 Å². The van der Waals surface area contributed by atoms with Gasteiger partial charge in [-0.05, 0) is 31.5 Å². The molecular formula is C15H24N2O2. The number of methoxy groups -OCH3 is 1. The molecule has 0 saturated heterocycles. The van der Waals surface area contributed by atoms with Gasteiger partial charge in [0.05, 0.1) is 6.61 Å². The van der Waals surface area contributed by atoms with E-state index >= 15 is 0 Å². The van der Waals surface area contributed by atoms with Crippen LogP contribution in [0.4, 0.5) is 0 Å². The van der Waals surface area contributed by atoms with Gasteiger partial charge in [-0.15, -0.1) is 0 Å². The van der Waals surface area contributed by atoms with Crippen LogP contribution in [0, 0.1) is 0 Å². The molecule has 0 aliphatic carbocycles. The summed E-state index contributed by atoms with van der Waals surface area (Å²) >= 11 is 0. The summed E-state index contributed by atoms with van der Waals surface area (Å²) in [5.41, 5.74) is 2.03. The van der Waals surface area contributed by atoms with Crippen LogP contribution in [0.15, 0.2) is 34.4 Å². The highest BCUT2D eigenvalue weighted by Crippen LogP contribution is 2.08. The van der Waals surface area contributed by atoms with Gasteiger partial charge in [-0.3, -0.25) is 0 Å². The number of hydrogen-bond donors (Lipinski definition) is 0. The minimum Gasteiger partial charge on any atom is -0.380 e. The van der Waals surface area contributed by atoms with Crippen LogP contribution in [0.3, 0.4) is 0 Å². The van der Waals surface area contributed by atoms with Crippen LogP contribution in [0.25, 0.3) is 0 Å². The van der Waals surface area contributed by atoms with Crippen molar-refractivity contribution in [2.24, 2.45) is 10.1 Å². The Morgan fingerprint density at radius 1 is 1.21 bits per heavy atom. The Kier molecular flexibility index (Phi) is 10.4. The summed E-state index contributed by atoms with van der Waals surface area (Å²) in [6, 6.07) is 7.88. The van der Waals surface area contributed by atoms with Crippen molar-refractivity contribution in [3.8, 4) is 0 Å². The molecule has 0 unspecified atom stereocenters. The summed E-state index contributed by atoms with van der Waals surface area (Å²) in [6.45, 7) is 9.02. The Bertz CT molecular complexity index is 384. The second-order valence-electron chi connectivity index (χ2n) is 3.36. The molecule has 0 atom stereocenters. The Hall–Kier alpha value is -1.68. The van der Waals surface area contributed by atoms with Crippen molar-refractivity contribution < 1.29 is 9.57 Å². The maximum Gasteiger partial charge on any atom is 0.251 e. The quantitative estimate of drug-likeness (QED) is 0.463. The average Bonchev–Trinajstić information content (AvgIpc) is 2.47. The lowest BCUT2D eigenvalue weighted by atomic mass is 10.1. The lowest BCUT2D eigenvalue weighted by molar-refractivity contribution is 0.185. The smallest absolute Gasteiger partial charge is 0.251 e. The zero-order valence-corrected chi connectivity index (χ0v) is 12.5. The highest BCUT2D eigenvalue weighted by molar-refractivity contribution is 5.94. The zero-order valence-electron chi connectivity index (χ0n) is 12.5. The van der Waals surface area contributed by atoms with Crippen molar-refractivity contribution in [1.82, 2.24) is 0 Å². The molecule has 0 spiro atoms. The van der Waals surface area contributed by atoms with Gasteiger partial charge in [0, 0.05) is 25.4 Å². The molecule has 106 valence electrons. The molecule has 19 heavy (non-hydrogen) atoms. The van der Waals surface area contributed by atoms with Gasteiger partial charge >= 0.3 is 0 Å². The Morgan fingerprint density at radius 3 is 2.32 bits per heavy atom. The number of ether oxygens (including phenoxy) is 1. The van der Waals surface area contributed by atoms with Gasteiger partial charge in [0.1, 0.15) is 0 Å². The fourth-order valence-corrected chi connectivity index (χ4v) is 1.33. The van der Waals surface area contributed by atoms with Gasteiger partial charge in [-0.2, -0.15) is 0 Å². The SMILES string of the molecule is C/C=N/OC(=NCC)c1ccc(COC)cc1.CC. The standard InChI is InChI=1S/C13H18N2O2.C2H6/c1-4-14-13(17-15-5-2)12-8-6-11(7-9-12)10-16-3;1-2/h5-9H,4,10H2,1-3H3;1-2H3/b14-13?,15-5+;. The largest absolute Gasteiger partial charge is 0.380 e. The van der Waals surface area contributed by atoms with E-state index in [0.29, 0.717) is 19.0 Å². The third-order valence-electron chi connectivity index (χ3n) is 2.06. The van der Waals surface area contributed by atoms with E-state index in [-0.39, 0.29) is 0 Å². The first-order chi connectivity index (χ1) is 9.31. The molecule has 1 rings (SSSR count). The molecule has 0 heterocycles. The number of aliphatic imine (C=N–C) groups is 1. The van der Waals surface area contributed by atoms with Crippen LogP contribution in [0.2, 0.25) is 0 Å². The first-order valence-corrected chi connectivity index (χ1v) is 6.59. The van der Waals surface area contributed by atoms with Gasteiger partial charge in [0.2, 0.25) is 0 Å². The van der Waals surface area contributed by atoms with Crippen molar-refractivity contribution >= 4 is 12.1 Å². The predicted octanol–water partition coefficient (Wildman–Crippen LogP) is 3.65. The van der Waals surface area contributed by atoms with Crippen molar-refractivity contribution in [2.75, 3.05) is 13.7 Å². The predicted molar refractivity (Wildman–Crippen MR) is 80.8 cm³/mol. The molecule has 4 nitrogen and oxygen atoms in total. The molecule has 0 amide bonds. The molecule has 0 aliphatic heterocycles. The topological polar surface area (TPSA) is 43.2 Å². The van der Waals surface area contributed by atoms with Crippen LogP contribution >= 0.6 is 0 Å². The minimum absolute atomic E-state index is 0.537. The lowest BCUT2D eigenvalue weighted by Crippen LogP contribution is -2.04. The number of rotatable bonds is 5.